The molecule has 1 aromatic heterocycles. The van der Waals surface area contributed by atoms with Crippen LogP contribution >= 0.6 is 0 Å². The van der Waals surface area contributed by atoms with Crippen molar-refractivity contribution in [3.8, 4) is 5.69 Å². The van der Waals surface area contributed by atoms with Gasteiger partial charge in [0, 0.05) is 12.4 Å². The lowest BCUT2D eigenvalue weighted by Gasteiger charge is -2.06. The topological polar surface area (TPSA) is 17.8 Å². The summed E-state index contributed by atoms with van der Waals surface area (Å²) in [5, 5.41) is 4.21. The van der Waals surface area contributed by atoms with Gasteiger partial charge in [-0.2, -0.15) is 5.10 Å². The fraction of sp³-hybridized carbons (Fsp3) is 0.250. The second-order valence-corrected chi connectivity index (χ2v) is 3.41. The van der Waals surface area contributed by atoms with E-state index >= 15 is 0 Å². The second-order valence-electron chi connectivity index (χ2n) is 3.41. The van der Waals surface area contributed by atoms with Crippen molar-refractivity contribution in [2.45, 2.75) is 20.3 Å². The third kappa shape index (κ3) is 1.55. The summed E-state index contributed by atoms with van der Waals surface area (Å²) in [6.07, 6.45) is 4.83. The van der Waals surface area contributed by atoms with E-state index in [0.717, 1.165) is 12.1 Å². The molecule has 0 N–H and O–H groups in total. The molecular weight excluding hydrogens is 172 g/mol. The maximum atomic E-state index is 4.21. The van der Waals surface area contributed by atoms with Crippen LogP contribution in [0.25, 0.3) is 5.69 Å². The van der Waals surface area contributed by atoms with Crippen molar-refractivity contribution in [1.82, 2.24) is 9.78 Å². The van der Waals surface area contributed by atoms with Gasteiger partial charge in [0.2, 0.25) is 0 Å². The van der Waals surface area contributed by atoms with Gasteiger partial charge in [-0.3, -0.25) is 0 Å². The zero-order valence-corrected chi connectivity index (χ0v) is 8.57. The first-order chi connectivity index (χ1) is 6.81. The molecule has 0 radical (unpaired) electrons. The molecule has 2 nitrogen and oxygen atoms in total. The van der Waals surface area contributed by atoms with E-state index in [4.69, 9.17) is 0 Å². The summed E-state index contributed by atoms with van der Waals surface area (Å²) in [7, 11) is 0. The van der Waals surface area contributed by atoms with Crippen molar-refractivity contribution >= 4 is 0 Å². The molecule has 2 aromatic rings. The van der Waals surface area contributed by atoms with E-state index in [2.05, 4.69) is 37.1 Å². The highest BCUT2D eigenvalue weighted by Gasteiger charge is 1.99. The van der Waals surface area contributed by atoms with E-state index in [-0.39, 0.29) is 0 Å². The van der Waals surface area contributed by atoms with Gasteiger partial charge in [-0.15, -0.1) is 0 Å². The third-order valence-electron chi connectivity index (χ3n) is 2.48. The van der Waals surface area contributed by atoms with Gasteiger partial charge in [0.1, 0.15) is 0 Å². The van der Waals surface area contributed by atoms with Gasteiger partial charge in [0.25, 0.3) is 0 Å². The Bertz CT molecular complexity index is 416. The van der Waals surface area contributed by atoms with E-state index in [1.165, 1.54) is 11.1 Å². The molecule has 2 rings (SSSR count). The third-order valence-corrected chi connectivity index (χ3v) is 2.48. The first-order valence-electron chi connectivity index (χ1n) is 4.91. The highest BCUT2D eigenvalue weighted by atomic mass is 15.3. The number of hydrogen-bond donors (Lipinski definition) is 0. The molecule has 0 aliphatic carbocycles. The summed E-state index contributed by atoms with van der Waals surface area (Å²) in [6.45, 7) is 4.32. The van der Waals surface area contributed by atoms with Crippen LogP contribution in [-0.4, -0.2) is 9.78 Å². The Labute approximate surface area is 84.2 Å². The minimum Gasteiger partial charge on any atom is -0.241 e. The quantitative estimate of drug-likeness (QED) is 0.705. The lowest BCUT2D eigenvalue weighted by atomic mass is 10.1. The molecular formula is C12H14N2. The lowest BCUT2D eigenvalue weighted by Crippen LogP contribution is -1.96. The van der Waals surface area contributed by atoms with Crippen molar-refractivity contribution in [3.63, 3.8) is 0 Å². The highest BCUT2D eigenvalue weighted by molar-refractivity contribution is 5.39. The number of nitrogens with zero attached hydrogens (tertiary/aromatic N) is 2. The van der Waals surface area contributed by atoms with Gasteiger partial charge in [-0.25, -0.2) is 4.68 Å². The van der Waals surface area contributed by atoms with Gasteiger partial charge < -0.3 is 0 Å². The Morgan fingerprint density at radius 1 is 1.36 bits per heavy atom. The molecule has 0 atom stereocenters. The largest absolute Gasteiger partial charge is 0.241 e. The van der Waals surface area contributed by atoms with Crippen LogP contribution in [0.4, 0.5) is 0 Å². The molecule has 0 unspecified atom stereocenters. The van der Waals surface area contributed by atoms with E-state index in [9.17, 15) is 0 Å². The summed E-state index contributed by atoms with van der Waals surface area (Å²) in [6, 6.07) is 8.38. The number of hydrogen-bond acceptors (Lipinski definition) is 1. The van der Waals surface area contributed by atoms with Crippen molar-refractivity contribution in [2.75, 3.05) is 0 Å². The average Bonchev–Trinajstić information content (AvgIpc) is 2.71. The highest BCUT2D eigenvalue weighted by Crippen LogP contribution is 2.14. The first-order valence-corrected chi connectivity index (χ1v) is 4.91. The monoisotopic (exact) mass is 186 g/mol. The molecule has 0 saturated carbocycles. The predicted molar refractivity (Wildman–Crippen MR) is 57.7 cm³/mol. The first kappa shape index (κ1) is 9.00. The van der Waals surface area contributed by atoms with Crippen LogP contribution in [0.2, 0.25) is 0 Å². The van der Waals surface area contributed by atoms with E-state index in [1.54, 1.807) is 6.20 Å². The fourth-order valence-corrected chi connectivity index (χ4v) is 1.60. The van der Waals surface area contributed by atoms with Crippen LogP contribution in [0.3, 0.4) is 0 Å². The molecule has 0 spiro atoms. The Balaban J connectivity index is 2.46. The molecule has 1 heterocycles. The van der Waals surface area contributed by atoms with Gasteiger partial charge in [-0.05, 0) is 42.7 Å². The average molecular weight is 186 g/mol. The summed E-state index contributed by atoms with van der Waals surface area (Å²) in [5.74, 6) is 0. The standard InChI is InChI=1S/C12H14N2/c1-3-11-9-12(6-5-10(11)2)14-8-4-7-13-14/h4-9H,3H2,1-2H3. The number of benzene rings is 1. The van der Waals surface area contributed by atoms with Gasteiger partial charge in [0.15, 0.2) is 0 Å². The van der Waals surface area contributed by atoms with Crippen LogP contribution in [-0.2, 0) is 6.42 Å². The second kappa shape index (κ2) is 3.66. The molecule has 0 amide bonds. The minimum atomic E-state index is 1.07. The van der Waals surface area contributed by atoms with Crippen molar-refractivity contribution < 1.29 is 0 Å². The molecule has 0 saturated heterocycles. The number of aryl methyl sites for hydroxylation is 2. The van der Waals surface area contributed by atoms with E-state index in [1.807, 2.05) is 16.9 Å². The fourth-order valence-electron chi connectivity index (χ4n) is 1.60. The lowest BCUT2D eigenvalue weighted by molar-refractivity contribution is 0.876. The molecule has 14 heavy (non-hydrogen) atoms. The van der Waals surface area contributed by atoms with E-state index in [0.29, 0.717) is 0 Å². The molecule has 0 bridgehead atoms. The molecule has 0 aliphatic heterocycles. The molecule has 0 fully saturated rings. The Morgan fingerprint density at radius 3 is 2.86 bits per heavy atom. The number of rotatable bonds is 2. The zero-order valence-electron chi connectivity index (χ0n) is 8.57. The van der Waals surface area contributed by atoms with Crippen molar-refractivity contribution in [2.24, 2.45) is 0 Å². The molecule has 0 aliphatic rings. The van der Waals surface area contributed by atoms with Crippen LogP contribution < -0.4 is 0 Å². The smallest absolute Gasteiger partial charge is 0.0648 e. The van der Waals surface area contributed by atoms with Crippen LogP contribution in [0.5, 0.6) is 0 Å². The van der Waals surface area contributed by atoms with Crippen LogP contribution in [0.1, 0.15) is 18.1 Å². The molecule has 1 aromatic carbocycles. The summed E-state index contributed by atoms with van der Waals surface area (Å²) >= 11 is 0. The zero-order chi connectivity index (χ0) is 9.97. The maximum absolute atomic E-state index is 4.21. The predicted octanol–water partition coefficient (Wildman–Crippen LogP) is 2.74. The van der Waals surface area contributed by atoms with Gasteiger partial charge in [0.05, 0.1) is 5.69 Å². The summed E-state index contributed by atoms with van der Waals surface area (Å²) in [4.78, 5) is 0. The molecule has 72 valence electrons. The van der Waals surface area contributed by atoms with Crippen molar-refractivity contribution in [3.05, 3.63) is 47.8 Å². The minimum absolute atomic E-state index is 1.07. The van der Waals surface area contributed by atoms with Gasteiger partial charge in [-0.1, -0.05) is 13.0 Å². The van der Waals surface area contributed by atoms with Crippen molar-refractivity contribution in [1.29, 1.82) is 0 Å². The Hall–Kier alpha value is -1.57. The normalized spacial score (nSPS) is 10.4. The Kier molecular flexibility index (Phi) is 2.35. The summed E-state index contributed by atoms with van der Waals surface area (Å²) in [5.41, 5.74) is 3.87. The maximum Gasteiger partial charge on any atom is 0.0648 e. The Morgan fingerprint density at radius 2 is 2.21 bits per heavy atom. The van der Waals surface area contributed by atoms with Gasteiger partial charge >= 0.3 is 0 Å². The van der Waals surface area contributed by atoms with Crippen LogP contribution in [0.15, 0.2) is 36.7 Å². The van der Waals surface area contributed by atoms with E-state index < -0.39 is 0 Å². The SMILES string of the molecule is CCc1cc(-n2cccn2)ccc1C. The molecule has 2 heteroatoms. The van der Waals surface area contributed by atoms with Crippen LogP contribution in [0, 0.1) is 6.92 Å². The number of aromatic nitrogens is 2. The summed E-state index contributed by atoms with van der Waals surface area (Å²) < 4.78 is 1.89.